The van der Waals surface area contributed by atoms with Crippen molar-refractivity contribution in [3.05, 3.63) is 86.1 Å². The zero-order chi connectivity index (χ0) is 25.4. The summed E-state index contributed by atoms with van der Waals surface area (Å²) < 4.78 is 26.9. The minimum absolute atomic E-state index is 0.0120. The first-order chi connectivity index (χ1) is 17.2. The van der Waals surface area contributed by atoms with Gasteiger partial charge in [-0.05, 0) is 66.1 Å². The van der Waals surface area contributed by atoms with E-state index in [1.54, 1.807) is 6.20 Å². The quantitative estimate of drug-likeness (QED) is 0.389. The molecule has 36 heavy (non-hydrogen) atoms. The van der Waals surface area contributed by atoms with E-state index in [9.17, 15) is 13.5 Å². The molecule has 190 valence electrons. The highest BCUT2D eigenvalue weighted by Gasteiger charge is 2.31. The van der Waals surface area contributed by atoms with Gasteiger partial charge in [0.2, 0.25) is 0 Å². The van der Waals surface area contributed by atoms with E-state index < -0.39 is 16.4 Å². The van der Waals surface area contributed by atoms with E-state index in [1.807, 2.05) is 24.3 Å². The van der Waals surface area contributed by atoms with Crippen LogP contribution in [0.4, 0.5) is 5.82 Å². The number of aliphatic hydroxyl groups is 1. The summed E-state index contributed by atoms with van der Waals surface area (Å²) in [6, 6.07) is 8.13. The van der Waals surface area contributed by atoms with Gasteiger partial charge in [-0.25, -0.2) is 15.1 Å². The number of aromatic nitrogens is 2. The Morgan fingerprint density at radius 2 is 2.22 bits per heavy atom. The zero-order valence-corrected chi connectivity index (χ0v) is 21.9. The van der Waals surface area contributed by atoms with Crippen molar-refractivity contribution in [2.45, 2.75) is 31.5 Å². The van der Waals surface area contributed by atoms with E-state index in [0.29, 0.717) is 24.2 Å². The van der Waals surface area contributed by atoms with Crippen molar-refractivity contribution in [2.75, 3.05) is 19.0 Å². The molecule has 12 heteroatoms. The third-order valence-electron chi connectivity index (χ3n) is 6.47. The van der Waals surface area contributed by atoms with Gasteiger partial charge in [0.05, 0.1) is 12.6 Å². The molecule has 3 atom stereocenters. The van der Waals surface area contributed by atoms with Crippen LogP contribution in [0.1, 0.15) is 52.1 Å². The Hall–Kier alpha value is -2.38. The van der Waals surface area contributed by atoms with Crippen LogP contribution in [0, 0.1) is 5.92 Å². The topological polar surface area (TPSA) is 131 Å². The summed E-state index contributed by atoms with van der Waals surface area (Å²) >= 11 is 7.68. The molecule has 2 aliphatic rings. The van der Waals surface area contributed by atoms with Crippen molar-refractivity contribution in [1.29, 1.82) is 0 Å². The van der Waals surface area contributed by atoms with Crippen molar-refractivity contribution >= 4 is 39.1 Å². The van der Waals surface area contributed by atoms with E-state index in [0.717, 1.165) is 27.7 Å². The molecule has 0 saturated heterocycles. The molecule has 1 aromatic carbocycles. The molecule has 0 spiro atoms. The van der Waals surface area contributed by atoms with Crippen molar-refractivity contribution in [3.8, 4) is 0 Å². The summed E-state index contributed by atoms with van der Waals surface area (Å²) in [5, 5.41) is 22.3. The van der Waals surface area contributed by atoms with E-state index in [4.69, 9.17) is 20.9 Å². The number of hydrogen-bond acceptors (Lipinski definition) is 9. The first-order valence-electron chi connectivity index (χ1n) is 11.4. The highest BCUT2D eigenvalue weighted by atomic mass is 35.5. The summed E-state index contributed by atoms with van der Waals surface area (Å²) in [6.07, 6.45) is 5.32. The normalized spacial score (nSPS) is 20.8. The molecule has 3 heterocycles. The fraction of sp³-hybridized carbons (Fsp3) is 0.333. The number of rotatable bonds is 8. The van der Waals surface area contributed by atoms with E-state index >= 15 is 0 Å². The van der Waals surface area contributed by atoms with E-state index in [1.165, 1.54) is 28.8 Å². The lowest BCUT2D eigenvalue weighted by Gasteiger charge is -2.19. The Labute approximate surface area is 218 Å². The maximum absolute atomic E-state index is 11.3. The summed E-state index contributed by atoms with van der Waals surface area (Å²) in [6.45, 7) is 0.829. The van der Waals surface area contributed by atoms with Gasteiger partial charge in [-0.2, -0.15) is 8.42 Å². The van der Waals surface area contributed by atoms with Gasteiger partial charge in [0.15, 0.2) is 0 Å². The van der Waals surface area contributed by atoms with Gasteiger partial charge in [-0.3, -0.25) is 9.08 Å². The number of nitrogens with zero attached hydrogens (tertiary/aromatic N) is 3. The van der Waals surface area contributed by atoms with Gasteiger partial charge in [0.1, 0.15) is 18.2 Å². The Morgan fingerprint density at radius 1 is 1.39 bits per heavy atom. The first-order valence-corrected chi connectivity index (χ1v) is 14.1. The Bertz CT molecular complexity index is 1410. The number of allylic oxidation sites excluding steroid dienone is 2. The van der Waals surface area contributed by atoms with Crippen molar-refractivity contribution < 1.29 is 17.7 Å². The Balaban J connectivity index is 1.31. The molecule has 2 unspecified atom stereocenters. The number of nitrogens with two attached hydrogens (primary N) is 1. The van der Waals surface area contributed by atoms with Crippen LogP contribution in [0.5, 0.6) is 0 Å². The molecule has 0 bridgehead atoms. The lowest BCUT2D eigenvalue weighted by Crippen LogP contribution is -2.20. The lowest BCUT2D eigenvalue weighted by molar-refractivity contribution is 0.223. The molecule has 0 saturated carbocycles. The molecule has 0 fully saturated rings. The Morgan fingerprint density at radius 3 is 3.03 bits per heavy atom. The number of halogens is 1. The highest BCUT2D eigenvalue weighted by Crippen LogP contribution is 2.41. The van der Waals surface area contributed by atoms with Gasteiger partial charge < -0.3 is 10.4 Å². The largest absolute Gasteiger partial charge is 0.383 e. The van der Waals surface area contributed by atoms with Crippen molar-refractivity contribution in [2.24, 2.45) is 11.1 Å². The third kappa shape index (κ3) is 5.47. The van der Waals surface area contributed by atoms with Crippen molar-refractivity contribution in [3.63, 3.8) is 0 Å². The highest BCUT2D eigenvalue weighted by molar-refractivity contribution is 7.84. The molecule has 1 aliphatic carbocycles. The molecule has 4 N–H and O–H groups in total. The lowest BCUT2D eigenvalue weighted by atomic mass is 9.99. The van der Waals surface area contributed by atoms with Gasteiger partial charge in [0.25, 0.3) is 0 Å². The minimum Gasteiger partial charge on any atom is -0.383 e. The van der Waals surface area contributed by atoms with Crippen LogP contribution < -0.4 is 10.5 Å². The van der Waals surface area contributed by atoms with Crippen LogP contribution in [0.25, 0.3) is 0 Å². The van der Waals surface area contributed by atoms with Crippen LogP contribution in [-0.4, -0.2) is 42.0 Å². The van der Waals surface area contributed by atoms with Gasteiger partial charge >= 0.3 is 10.3 Å². The second-order valence-electron chi connectivity index (χ2n) is 9.11. The average molecular weight is 548 g/mol. The molecule has 1 aliphatic heterocycles. The summed E-state index contributed by atoms with van der Waals surface area (Å²) in [4.78, 5) is 11.5. The monoisotopic (exact) mass is 547 g/mol. The number of benzene rings is 1. The molecule has 3 aromatic rings. The number of hydrogen-bond donors (Lipinski definition) is 3. The number of fused-ring (bicyclic) bond motifs is 1. The molecular weight excluding hydrogens is 522 g/mol. The van der Waals surface area contributed by atoms with E-state index in [2.05, 4.69) is 38.7 Å². The van der Waals surface area contributed by atoms with Crippen LogP contribution in [-0.2, 0) is 21.0 Å². The van der Waals surface area contributed by atoms with Gasteiger partial charge in [-0.1, -0.05) is 23.7 Å². The minimum atomic E-state index is -3.97. The summed E-state index contributed by atoms with van der Waals surface area (Å²) in [5.41, 5.74) is 4.98. The van der Waals surface area contributed by atoms with Gasteiger partial charge in [-0.15, -0.1) is 11.3 Å². The smallest absolute Gasteiger partial charge is 0.333 e. The van der Waals surface area contributed by atoms with Crippen LogP contribution in [0.3, 0.4) is 0 Å². The fourth-order valence-corrected chi connectivity index (χ4v) is 6.33. The molecular formula is C24H26ClN5O4S2. The maximum atomic E-state index is 11.3. The number of aliphatic hydroxyl groups excluding tert-OH is 1. The third-order valence-corrected chi connectivity index (χ3v) is 8.18. The fourth-order valence-electron chi connectivity index (χ4n) is 4.82. The maximum Gasteiger partial charge on any atom is 0.333 e. The zero-order valence-electron chi connectivity index (χ0n) is 19.5. The van der Waals surface area contributed by atoms with Crippen LogP contribution in [0.2, 0.25) is 5.02 Å². The molecule has 0 radical (unpaired) electrons. The molecule has 2 aromatic heterocycles. The summed E-state index contributed by atoms with van der Waals surface area (Å²) in [7, 11) is -1.89. The molecule has 0 amide bonds. The SMILES string of the molecule is CN1Cc2cc(Cl)ccc2C1c1csc(C(O)c2cncnc2NC2=CC[C@@H](COS(N)(=O)=O)C2)c1. The molecule has 9 nitrogen and oxygen atoms in total. The number of anilines is 1. The molecule has 5 rings (SSSR count). The van der Waals surface area contributed by atoms with Crippen molar-refractivity contribution in [1.82, 2.24) is 14.9 Å². The second kappa shape index (κ2) is 10.2. The summed E-state index contributed by atoms with van der Waals surface area (Å²) in [5.74, 6) is 0.492. The number of nitrogens with one attached hydrogen (secondary N) is 1. The second-order valence-corrected chi connectivity index (χ2v) is 11.7. The first kappa shape index (κ1) is 25.3. The average Bonchev–Trinajstić information content (AvgIpc) is 3.55. The standard InChI is InChI=1S/C24H26ClN5O4S2/c1-30-10-15-7-17(25)3-5-19(15)22(30)16-8-21(35-12-16)23(31)20-9-27-13-28-24(20)29-18-4-2-14(6-18)11-34-36(26,32)33/h3-5,7-9,12-14,22-23,31H,2,6,10-11H2,1H3,(H2,26,32,33)(H,27,28,29)/t14-,22?,23?/m1/s1. The van der Waals surface area contributed by atoms with Crippen LogP contribution >= 0.6 is 22.9 Å². The predicted molar refractivity (Wildman–Crippen MR) is 139 cm³/mol. The van der Waals surface area contributed by atoms with E-state index in [-0.39, 0.29) is 18.6 Å². The van der Waals surface area contributed by atoms with Crippen LogP contribution in [0.15, 0.2) is 53.9 Å². The number of thiophene rings is 1. The van der Waals surface area contributed by atoms with Gasteiger partial charge in [0, 0.05) is 33.9 Å². The predicted octanol–water partition coefficient (Wildman–Crippen LogP) is 3.73. The Kier molecular flexibility index (Phi) is 7.14.